The summed E-state index contributed by atoms with van der Waals surface area (Å²) in [5, 5.41) is 7.55. The highest BCUT2D eigenvalue weighted by atomic mass is 16.1. The fourth-order valence-electron chi connectivity index (χ4n) is 3.35. The Labute approximate surface area is 154 Å². The van der Waals surface area contributed by atoms with Crippen LogP contribution in [0.2, 0.25) is 0 Å². The zero-order chi connectivity index (χ0) is 18.7. The average Bonchev–Trinajstić information content (AvgIpc) is 2.98. The Morgan fingerprint density at radius 2 is 2.08 bits per heavy atom. The van der Waals surface area contributed by atoms with Crippen molar-refractivity contribution >= 4 is 11.7 Å². The molecule has 3 rings (SSSR count). The molecule has 1 fully saturated rings. The van der Waals surface area contributed by atoms with Crippen molar-refractivity contribution in [2.24, 2.45) is 11.8 Å². The Morgan fingerprint density at radius 3 is 2.77 bits per heavy atom. The lowest BCUT2D eigenvalue weighted by Crippen LogP contribution is -2.42. The predicted octanol–water partition coefficient (Wildman–Crippen LogP) is 2.27. The van der Waals surface area contributed by atoms with E-state index in [0.29, 0.717) is 5.92 Å². The number of piperidine rings is 1. The quantitative estimate of drug-likeness (QED) is 0.889. The first kappa shape index (κ1) is 18.4. The molecule has 1 N–H and O–H groups in total. The number of hydrogen-bond donors (Lipinski definition) is 1. The van der Waals surface area contributed by atoms with Crippen molar-refractivity contribution in [3.63, 3.8) is 0 Å². The van der Waals surface area contributed by atoms with E-state index in [2.05, 4.69) is 20.3 Å². The van der Waals surface area contributed by atoms with Crippen LogP contribution in [-0.2, 0) is 4.79 Å². The summed E-state index contributed by atoms with van der Waals surface area (Å²) in [6, 6.07) is 2.03. The maximum Gasteiger partial charge on any atom is 0.222 e. The predicted molar refractivity (Wildman–Crippen MR) is 101 cm³/mol. The van der Waals surface area contributed by atoms with Gasteiger partial charge >= 0.3 is 0 Å². The largest absolute Gasteiger partial charge is 0.356 e. The molecule has 140 valence electrons. The second kappa shape index (κ2) is 7.85. The number of rotatable bonds is 5. The number of nitrogens with zero attached hydrogens (tertiary/aromatic N) is 5. The summed E-state index contributed by atoms with van der Waals surface area (Å²) < 4.78 is 1.83. The maximum atomic E-state index is 11.8. The molecular weight excluding hydrogens is 328 g/mol. The molecule has 0 radical (unpaired) electrons. The molecule has 2 aromatic heterocycles. The van der Waals surface area contributed by atoms with Gasteiger partial charge in [-0.25, -0.2) is 9.67 Å². The molecule has 7 nitrogen and oxygen atoms in total. The van der Waals surface area contributed by atoms with E-state index in [1.165, 1.54) is 0 Å². The Morgan fingerprint density at radius 1 is 1.31 bits per heavy atom. The van der Waals surface area contributed by atoms with E-state index >= 15 is 0 Å². The van der Waals surface area contributed by atoms with Gasteiger partial charge in [0.15, 0.2) is 5.82 Å². The van der Waals surface area contributed by atoms with Crippen molar-refractivity contribution < 1.29 is 4.79 Å². The highest BCUT2D eigenvalue weighted by Gasteiger charge is 2.22. The summed E-state index contributed by atoms with van der Waals surface area (Å²) >= 11 is 0. The molecule has 7 heteroatoms. The second-order valence-corrected chi connectivity index (χ2v) is 7.43. The van der Waals surface area contributed by atoms with E-state index < -0.39 is 0 Å². The lowest BCUT2D eigenvalue weighted by atomic mass is 9.98. The van der Waals surface area contributed by atoms with Gasteiger partial charge in [0.1, 0.15) is 5.82 Å². The minimum Gasteiger partial charge on any atom is -0.356 e. The van der Waals surface area contributed by atoms with Crippen LogP contribution in [0.15, 0.2) is 18.5 Å². The van der Waals surface area contributed by atoms with Gasteiger partial charge in [-0.2, -0.15) is 5.10 Å². The number of carbonyl (C=O) groups excluding carboxylic acids is 1. The normalized spacial score (nSPS) is 17.6. The molecule has 1 unspecified atom stereocenters. The van der Waals surface area contributed by atoms with Crippen LogP contribution in [0, 0.1) is 25.7 Å². The summed E-state index contributed by atoms with van der Waals surface area (Å²) in [6.45, 7) is 10.4. The van der Waals surface area contributed by atoms with Gasteiger partial charge in [0.25, 0.3) is 0 Å². The van der Waals surface area contributed by atoms with E-state index in [1.54, 1.807) is 6.20 Å². The van der Waals surface area contributed by atoms with Gasteiger partial charge in [0.2, 0.25) is 5.91 Å². The van der Waals surface area contributed by atoms with Gasteiger partial charge < -0.3 is 10.2 Å². The lowest BCUT2D eigenvalue weighted by molar-refractivity contribution is -0.124. The van der Waals surface area contributed by atoms with Crippen LogP contribution in [0.25, 0.3) is 5.82 Å². The zero-order valence-electron chi connectivity index (χ0n) is 16.1. The van der Waals surface area contributed by atoms with Gasteiger partial charge in [0, 0.05) is 31.2 Å². The number of nitrogens with one attached hydrogen (secondary N) is 1. The van der Waals surface area contributed by atoms with Gasteiger partial charge in [-0.15, -0.1) is 0 Å². The second-order valence-electron chi connectivity index (χ2n) is 7.43. The molecule has 0 aromatic carbocycles. The van der Waals surface area contributed by atoms with Crippen molar-refractivity contribution in [2.45, 2.75) is 40.5 Å². The van der Waals surface area contributed by atoms with E-state index in [-0.39, 0.29) is 11.8 Å². The molecule has 1 aliphatic rings. The number of carbonyl (C=O) groups is 1. The first-order valence-corrected chi connectivity index (χ1v) is 9.32. The number of aromatic nitrogens is 4. The van der Waals surface area contributed by atoms with Gasteiger partial charge in [-0.1, -0.05) is 13.8 Å². The summed E-state index contributed by atoms with van der Waals surface area (Å²) in [6.07, 6.45) is 5.77. The minimum atomic E-state index is 0.0259. The average molecular weight is 356 g/mol. The van der Waals surface area contributed by atoms with Crippen molar-refractivity contribution in [3.8, 4) is 5.82 Å². The Kier molecular flexibility index (Phi) is 5.54. The van der Waals surface area contributed by atoms with Crippen LogP contribution in [0.4, 0.5) is 5.82 Å². The number of hydrogen-bond acceptors (Lipinski definition) is 5. The van der Waals surface area contributed by atoms with Gasteiger partial charge in [-0.3, -0.25) is 9.78 Å². The highest BCUT2D eigenvalue weighted by Crippen LogP contribution is 2.22. The number of aryl methyl sites for hydroxylation is 2. The van der Waals surface area contributed by atoms with Crippen LogP contribution in [0.1, 0.15) is 38.1 Å². The molecule has 0 bridgehead atoms. The third-order valence-electron chi connectivity index (χ3n) is 4.77. The molecule has 0 spiro atoms. The Balaban J connectivity index is 1.70. The molecule has 26 heavy (non-hydrogen) atoms. The molecule has 1 aliphatic heterocycles. The number of anilines is 1. The smallest absolute Gasteiger partial charge is 0.222 e. The summed E-state index contributed by atoms with van der Waals surface area (Å²) in [4.78, 5) is 23.2. The van der Waals surface area contributed by atoms with Crippen molar-refractivity contribution in [3.05, 3.63) is 29.8 Å². The molecular formula is C19H28N6O. The first-order chi connectivity index (χ1) is 12.4. The Bertz CT molecular complexity index is 769. The molecule has 0 aliphatic carbocycles. The van der Waals surface area contributed by atoms with E-state index in [9.17, 15) is 4.79 Å². The SMILES string of the molecule is Cc1cc(C)n(-c2cncc(N3CCCC(CNC(=O)C(C)C)C3)n2)n1. The molecule has 0 saturated carbocycles. The van der Waals surface area contributed by atoms with Gasteiger partial charge in [-0.05, 0) is 38.7 Å². The van der Waals surface area contributed by atoms with Crippen molar-refractivity contribution in [1.82, 2.24) is 25.1 Å². The monoisotopic (exact) mass is 356 g/mol. The van der Waals surface area contributed by atoms with Crippen LogP contribution in [0.3, 0.4) is 0 Å². The topological polar surface area (TPSA) is 75.9 Å². The molecule has 1 amide bonds. The van der Waals surface area contributed by atoms with Crippen LogP contribution < -0.4 is 10.2 Å². The summed E-state index contributed by atoms with van der Waals surface area (Å²) in [5.74, 6) is 2.19. The van der Waals surface area contributed by atoms with Crippen molar-refractivity contribution in [2.75, 3.05) is 24.5 Å². The van der Waals surface area contributed by atoms with Gasteiger partial charge in [0.05, 0.1) is 18.1 Å². The zero-order valence-corrected chi connectivity index (χ0v) is 16.1. The highest BCUT2D eigenvalue weighted by molar-refractivity contribution is 5.77. The molecule has 3 heterocycles. The minimum absolute atomic E-state index is 0.0259. The van der Waals surface area contributed by atoms with Crippen molar-refractivity contribution in [1.29, 1.82) is 0 Å². The number of amides is 1. The third kappa shape index (κ3) is 4.20. The summed E-state index contributed by atoms with van der Waals surface area (Å²) in [7, 11) is 0. The molecule has 2 aromatic rings. The summed E-state index contributed by atoms with van der Waals surface area (Å²) in [5.41, 5.74) is 2.01. The van der Waals surface area contributed by atoms with Crippen LogP contribution >= 0.6 is 0 Å². The fraction of sp³-hybridized carbons (Fsp3) is 0.579. The standard InChI is InChI=1S/C19H28N6O/c1-13(2)19(26)21-9-16-6-5-7-24(12-16)17-10-20-11-18(22-17)25-15(4)8-14(3)23-25/h8,10-11,13,16H,5-7,9,12H2,1-4H3,(H,21,26). The first-order valence-electron chi connectivity index (χ1n) is 9.32. The maximum absolute atomic E-state index is 11.8. The van der Waals surface area contributed by atoms with E-state index in [0.717, 1.165) is 55.5 Å². The lowest BCUT2D eigenvalue weighted by Gasteiger charge is -2.33. The fourth-order valence-corrected chi connectivity index (χ4v) is 3.35. The van der Waals surface area contributed by atoms with Crippen LogP contribution in [0.5, 0.6) is 0 Å². The third-order valence-corrected chi connectivity index (χ3v) is 4.77. The van der Waals surface area contributed by atoms with Crippen LogP contribution in [-0.4, -0.2) is 45.3 Å². The van der Waals surface area contributed by atoms with E-state index in [1.807, 2.05) is 44.6 Å². The van der Waals surface area contributed by atoms with E-state index in [4.69, 9.17) is 4.98 Å². The Hall–Kier alpha value is -2.44. The molecule has 1 atom stereocenters. The molecule has 1 saturated heterocycles.